The maximum atomic E-state index is 12.5. The smallest absolute Gasteiger partial charge is 0.260 e. The summed E-state index contributed by atoms with van der Waals surface area (Å²) in [7, 11) is 1.61. The summed E-state index contributed by atoms with van der Waals surface area (Å²) in [6.45, 7) is 2.72. The van der Waals surface area contributed by atoms with Gasteiger partial charge in [0, 0.05) is 31.7 Å². The fourth-order valence-electron chi connectivity index (χ4n) is 3.35. The maximum Gasteiger partial charge on any atom is 0.260 e. The number of carbonyl (C=O) groups is 1. The van der Waals surface area contributed by atoms with Crippen molar-refractivity contribution in [1.82, 2.24) is 15.1 Å². The molecule has 1 aromatic heterocycles. The van der Waals surface area contributed by atoms with Crippen LogP contribution in [0.2, 0.25) is 0 Å². The third kappa shape index (κ3) is 4.68. The van der Waals surface area contributed by atoms with Crippen LogP contribution >= 0.6 is 0 Å². The molecule has 0 spiro atoms. The first-order chi connectivity index (χ1) is 14.7. The van der Waals surface area contributed by atoms with E-state index in [1.54, 1.807) is 19.2 Å². The summed E-state index contributed by atoms with van der Waals surface area (Å²) < 4.78 is 10.7. The van der Waals surface area contributed by atoms with Gasteiger partial charge in [0.25, 0.3) is 5.91 Å². The van der Waals surface area contributed by atoms with E-state index < -0.39 is 0 Å². The van der Waals surface area contributed by atoms with E-state index in [-0.39, 0.29) is 12.5 Å². The molecule has 0 saturated carbocycles. The normalized spacial score (nSPS) is 13.8. The van der Waals surface area contributed by atoms with Crippen LogP contribution in [-0.2, 0) is 4.79 Å². The number of rotatable bonds is 6. The molecule has 0 N–H and O–H groups in total. The fourth-order valence-corrected chi connectivity index (χ4v) is 3.35. The Bertz CT molecular complexity index is 954. The Labute approximate surface area is 175 Å². The van der Waals surface area contributed by atoms with E-state index in [1.165, 1.54) is 0 Å². The van der Waals surface area contributed by atoms with Crippen LogP contribution < -0.4 is 14.4 Å². The van der Waals surface area contributed by atoms with Crippen molar-refractivity contribution in [1.29, 1.82) is 0 Å². The van der Waals surface area contributed by atoms with Crippen molar-refractivity contribution < 1.29 is 14.3 Å². The lowest BCUT2D eigenvalue weighted by Gasteiger charge is -2.35. The molecule has 2 aromatic carbocycles. The Kier molecular flexibility index (Phi) is 6.08. The van der Waals surface area contributed by atoms with Crippen LogP contribution in [0.1, 0.15) is 0 Å². The molecule has 1 saturated heterocycles. The van der Waals surface area contributed by atoms with Gasteiger partial charge in [0.15, 0.2) is 12.4 Å². The van der Waals surface area contributed by atoms with Gasteiger partial charge in [-0.05, 0) is 36.4 Å². The highest BCUT2D eigenvalue weighted by atomic mass is 16.5. The standard InChI is InChI=1S/C23H24N4O3/c1-29-19-7-9-20(10-8-19)30-17-23(28)27-15-13-26(14-16-27)22-12-11-21(24-25-22)18-5-3-2-4-6-18/h2-12H,13-17H2,1H3. The summed E-state index contributed by atoms with van der Waals surface area (Å²) in [6.07, 6.45) is 0. The minimum Gasteiger partial charge on any atom is -0.497 e. The fraction of sp³-hybridized carbons (Fsp3) is 0.261. The SMILES string of the molecule is COc1ccc(OCC(=O)N2CCN(c3ccc(-c4ccccc4)nn3)CC2)cc1. The van der Waals surface area contributed by atoms with Gasteiger partial charge in [0.2, 0.25) is 0 Å². The zero-order chi connectivity index (χ0) is 20.8. The minimum atomic E-state index is -0.0176. The number of aromatic nitrogens is 2. The highest BCUT2D eigenvalue weighted by Gasteiger charge is 2.22. The third-order valence-electron chi connectivity index (χ3n) is 5.10. The molecule has 0 radical (unpaired) electrons. The second kappa shape index (κ2) is 9.26. The number of amides is 1. The number of piperazine rings is 1. The molecular formula is C23H24N4O3. The van der Waals surface area contributed by atoms with Crippen molar-refractivity contribution in [2.75, 3.05) is 44.8 Å². The molecule has 3 aromatic rings. The van der Waals surface area contributed by atoms with Crippen molar-refractivity contribution in [3.63, 3.8) is 0 Å². The molecule has 4 rings (SSSR count). The minimum absolute atomic E-state index is 0.0176. The number of carbonyl (C=O) groups excluding carboxylic acids is 1. The molecule has 7 heteroatoms. The highest BCUT2D eigenvalue weighted by molar-refractivity contribution is 5.78. The summed E-state index contributed by atoms with van der Waals surface area (Å²) in [5.74, 6) is 2.22. The number of methoxy groups -OCH3 is 1. The molecule has 7 nitrogen and oxygen atoms in total. The predicted octanol–water partition coefficient (Wildman–Crippen LogP) is 2.88. The van der Waals surface area contributed by atoms with Gasteiger partial charge in [-0.25, -0.2) is 0 Å². The van der Waals surface area contributed by atoms with Gasteiger partial charge >= 0.3 is 0 Å². The molecule has 1 amide bonds. The lowest BCUT2D eigenvalue weighted by molar-refractivity contribution is -0.133. The Balaban J connectivity index is 1.27. The molecule has 0 bridgehead atoms. The quantitative estimate of drug-likeness (QED) is 0.629. The van der Waals surface area contributed by atoms with Crippen molar-refractivity contribution in [2.45, 2.75) is 0 Å². The molecular weight excluding hydrogens is 380 g/mol. The Hall–Kier alpha value is -3.61. The maximum absolute atomic E-state index is 12.5. The first-order valence-corrected chi connectivity index (χ1v) is 9.91. The second-order valence-electron chi connectivity index (χ2n) is 6.97. The number of benzene rings is 2. The number of hydrogen-bond donors (Lipinski definition) is 0. The summed E-state index contributed by atoms with van der Waals surface area (Å²) in [6, 6.07) is 21.2. The van der Waals surface area contributed by atoms with E-state index in [1.807, 2.05) is 59.5 Å². The van der Waals surface area contributed by atoms with E-state index in [0.717, 1.165) is 22.8 Å². The van der Waals surface area contributed by atoms with Gasteiger partial charge in [-0.2, -0.15) is 0 Å². The van der Waals surface area contributed by atoms with E-state index in [9.17, 15) is 4.79 Å². The van der Waals surface area contributed by atoms with E-state index >= 15 is 0 Å². The van der Waals surface area contributed by atoms with Crippen LogP contribution in [0, 0.1) is 0 Å². The molecule has 2 heterocycles. The molecule has 1 fully saturated rings. The van der Waals surface area contributed by atoms with Gasteiger partial charge < -0.3 is 19.3 Å². The molecule has 0 aliphatic carbocycles. The molecule has 0 unspecified atom stereocenters. The topological polar surface area (TPSA) is 67.8 Å². The van der Waals surface area contributed by atoms with Crippen LogP contribution in [-0.4, -0.2) is 60.9 Å². The van der Waals surface area contributed by atoms with E-state index in [0.29, 0.717) is 31.9 Å². The van der Waals surface area contributed by atoms with Crippen molar-refractivity contribution in [3.05, 3.63) is 66.7 Å². The third-order valence-corrected chi connectivity index (χ3v) is 5.10. The first kappa shape index (κ1) is 19.7. The predicted molar refractivity (Wildman–Crippen MR) is 115 cm³/mol. The lowest BCUT2D eigenvalue weighted by Crippen LogP contribution is -2.50. The molecule has 30 heavy (non-hydrogen) atoms. The van der Waals surface area contributed by atoms with Crippen LogP contribution in [0.5, 0.6) is 11.5 Å². The average molecular weight is 404 g/mol. The van der Waals surface area contributed by atoms with Gasteiger partial charge in [-0.15, -0.1) is 10.2 Å². The number of anilines is 1. The summed E-state index contributed by atoms with van der Waals surface area (Å²) in [5.41, 5.74) is 1.90. The van der Waals surface area contributed by atoms with Gasteiger partial charge in [0.05, 0.1) is 12.8 Å². The average Bonchev–Trinajstić information content (AvgIpc) is 2.83. The van der Waals surface area contributed by atoms with Crippen molar-refractivity contribution in [3.8, 4) is 22.8 Å². The number of nitrogens with zero attached hydrogens (tertiary/aromatic N) is 4. The van der Waals surface area contributed by atoms with E-state index in [4.69, 9.17) is 9.47 Å². The first-order valence-electron chi connectivity index (χ1n) is 9.91. The van der Waals surface area contributed by atoms with Crippen LogP contribution in [0.25, 0.3) is 11.3 Å². The highest BCUT2D eigenvalue weighted by Crippen LogP contribution is 2.20. The van der Waals surface area contributed by atoms with Crippen LogP contribution in [0.3, 0.4) is 0 Å². The number of hydrogen-bond acceptors (Lipinski definition) is 6. The molecule has 1 aliphatic rings. The molecule has 154 valence electrons. The summed E-state index contributed by atoms with van der Waals surface area (Å²) >= 11 is 0. The van der Waals surface area contributed by atoms with Crippen molar-refractivity contribution in [2.24, 2.45) is 0 Å². The number of ether oxygens (including phenoxy) is 2. The second-order valence-corrected chi connectivity index (χ2v) is 6.97. The van der Waals surface area contributed by atoms with Crippen LogP contribution in [0.15, 0.2) is 66.7 Å². The Morgan fingerprint density at radius 1 is 0.867 bits per heavy atom. The van der Waals surface area contributed by atoms with Gasteiger partial charge in [0.1, 0.15) is 11.5 Å². The van der Waals surface area contributed by atoms with Gasteiger partial charge in [-0.3, -0.25) is 4.79 Å². The summed E-state index contributed by atoms with van der Waals surface area (Å²) in [4.78, 5) is 16.4. The Morgan fingerprint density at radius 2 is 1.57 bits per heavy atom. The Morgan fingerprint density at radius 3 is 2.20 bits per heavy atom. The zero-order valence-electron chi connectivity index (χ0n) is 16.9. The molecule has 0 atom stereocenters. The van der Waals surface area contributed by atoms with Crippen LogP contribution in [0.4, 0.5) is 5.82 Å². The molecule has 1 aliphatic heterocycles. The van der Waals surface area contributed by atoms with Gasteiger partial charge in [-0.1, -0.05) is 30.3 Å². The zero-order valence-corrected chi connectivity index (χ0v) is 16.9. The lowest BCUT2D eigenvalue weighted by atomic mass is 10.1. The summed E-state index contributed by atoms with van der Waals surface area (Å²) in [5, 5.41) is 8.73. The monoisotopic (exact) mass is 404 g/mol. The largest absolute Gasteiger partial charge is 0.497 e. The van der Waals surface area contributed by atoms with E-state index in [2.05, 4.69) is 15.1 Å². The van der Waals surface area contributed by atoms with Crippen molar-refractivity contribution >= 4 is 11.7 Å².